The molecule has 0 unspecified atom stereocenters. The van der Waals surface area contributed by atoms with Crippen LogP contribution < -0.4 is 5.32 Å². The first-order valence-corrected chi connectivity index (χ1v) is 8.75. The van der Waals surface area contributed by atoms with Crippen LogP contribution in [-0.4, -0.2) is 24.0 Å². The van der Waals surface area contributed by atoms with E-state index in [0.29, 0.717) is 5.41 Å². The van der Waals surface area contributed by atoms with Crippen LogP contribution in [0.3, 0.4) is 0 Å². The first kappa shape index (κ1) is 15.1. The van der Waals surface area contributed by atoms with Gasteiger partial charge in [0.2, 0.25) is 0 Å². The molecular weight excluding hydrogens is 260 g/mol. The molecule has 2 heterocycles. The van der Waals surface area contributed by atoms with Gasteiger partial charge in [0.25, 0.3) is 0 Å². The summed E-state index contributed by atoms with van der Waals surface area (Å²) in [5.41, 5.74) is 1.96. The van der Waals surface area contributed by atoms with Crippen LogP contribution in [0, 0.1) is 5.41 Å². The molecule has 3 nitrogen and oxygen atoms in total. The maximum absolute atomic E-state index is 5.74. The van der Waals surface area contributed by atoms with E-state index < -0.39 is 0 Å². The highest BCUT2D eigenvalue weighted by Crippen LogP contribution is 2.38. The van der Waals surface area contributed by atoms with E-state index >= 15 is 0 Å². The van der Waals surface area contributed by atoms with Gasteiger partial charge in [0.05, 0.1) is 12.8 Å². The maximum Gasteiger partial charge on any atom is 0.122 e. The predicted molar refractivity (Wildman–Crippen MR) is 86.1 cm³/mol. The summed E-state index contributed by atoms with van der Waals surface area (Å²) >= 11 is 0. The molecule has 1 saturated heterocycles. The number of likely N-dealkylation sites (tertiary alicyclic amines) is 1. The van der Waals surface area contributed by atoms with Crippen LogP contribution in [0.2, 0.25) is 0 Å². The minimum Gasteiger partial charge on any atom is -0.468 e. The summed E-state index contributed by atoms with van der Waals surface area (Å²) in [6.45, 7) is 9.10. The summed E-state index contributed by atoms with van der Waals surface area (Å²) in [6.07, 6.45) is 9.88. The molecule has 3 heteroatoms. The molecule has 3 rings (SSSR count). The molecule has 118 valence electrons. The number of nitrogens with zero attached hydrogens (tertiary/aromatic N) is 1. The first-order chi connectivity index (χ1) is 10.2. The van der Waals surface area contributed by atoms with Gasteiger partial charge in [0.15, 0.2) is 0 Å². The topological polar surface area (TPSA) is 28.4 Å². The summed E-state index contributed by atoms with van der Waals surface area (Å²) in [7, 11) is 0. The minimum absolute atomic E-state index is 0.607. The molecule has 0 aromatic carbocycles. The lowest BCUT2D eigenvalue weighted by Gasteiger charge is -2.40. The third-order valence-corrected chi connectivity index (χ3v) is 5.78. The molecule has 0 radical (unpaired) electrons. The van der Waals surface area contributed by atoms with Crippen LogP contribution in [-0.2, 0) is 13.1 Å². The van der Waals surface area contributed by atoms with Crippen molar-refractivity contribution in [3.8, 4) is 0 Å². The number of furan rings is 1. The van der Waals surface area contributed by atoms with Crippen molar-refractivity contribution < 1.29 is 4.42 Å². The lowest BCUT2D eigenvalue weighted by Crippen LogP contribution is -2.39. The zero-order valence-corrected chi connectivity index (χ0v) is 13.7. The second kappa shape index (κ2) is 6.53. The zero-order valence-electron chi connectivity index (χ0n) is 13.7. The van der Waals surface area contributed by atoms with Crippen LogP contribution in [0.5, 0.6) is 0 Å². The summed E-state index contributed by atoms with van der Waals surface area (Å²) < 4.78 is 5.74. The van der Waals surface area contributed by atoms with Crippen molar-refractivity contribution in [3.63, 3.8) is 0 Å². The fourth-order valence-corrected chi connectivity index (χ4v) is 3.55. The number of rotatable bonds is 7. The average Bonchev–Trinajstić information content (AvgIpc) is 3.26. The summed E-state index contributed by atoms with van der Waals surface area (Å²) in [6, 6.07) is 2.90. The molecule has 0 atom stereocenters. The Morgan fingerprint density at radius 3 is 2.57 bits per heavy atom. The van der Waals surface area contributed by atoms with Gasteiger partial charge in [-0.2, -0.15) is 0 Å². The molecule has 1 aromatic heterocycles. The number of hydrogen-bond acceptors (Lipinski definition) is 3. The van der Waals surface area contributed by atoms with Crippen LogP contribution in [0.15, 0.2) is 16.7 Å². The van der Waals surface area contributed by atoms with E-state index in [0.717, 1.165) is 19.1 Å². The van der Waals surface area contributed by atoms with Crippen molar-refractivity contribution in [2.24, 2.45) is 5.41 Å². The van der Waals surface area contributed by atoms with E-state index in [9.17, 15) is 0 Å². The van der Waals surface area contributed by atoms with Gasteiger partial charge in [0.1, 0.15) is 5.76 Å². The van der Waals surface area contributed by atoms with Crippen molar-refractivity contribution in [1.29, 1.82) is 0 Å². The highest BCUT2D eigenvalue weighted by atomic mass is 16.3. The van der Waals surface area contributed by atoms with Gasteiger partial charge >= 0.3 is 0 Å². The fraction of sp³-hybridized carbons (Fsp3) is 0.778. The first-order valence-electron chi connectivity index (χ1n) is 8.75. The minimum atomic E-state index is 0.607. The Bertz CT molecular complexity index is 436. The molecule has 0 amide bonds. The standard InChI is InChI=1S/C18H30N2O/c1-3-18(4-2)8-10-20(11-9-18)14-17-15(7-12-21-17)13-19-16-5-6-16/h7,12,16,19H,3-6,8-11,13-14H2,1-2H3. The Labute approximate surface area is 129 Å². The zero-order chi connectivity index (χ0) is 14.7. The normalized spacial score (nSPS) is 22.6. The van der Waals surface area contributed by atoms with E-state index in [2.05, 4.69) is 30.1 Å². The molecule has 1 aromatic rings. The van der Waals surface area contributed by atoms with Crippen molar-refractivity contribution in [2.45, 2.75) is 71.5 Å². The van der Waals surface area contributed by atoms with Gasteiger partial charge < -0.3 is 9.73 Å². The Kier molecular flexibility index (Phi) is 4.70. The van der Waals surface area contributed by atoms with E-state index in [1.165, 1.54) is 62.9 Å². The van der Waals surface area contributed by atoms with Crippen molar-refractivity contribution in [2.75, 3.05) is 13.1 Å². The highest BCUT2D eigenvalue weighted by molar-refractivity contribution is 5.17. The third kappa shape index (κ3) is 3.70. The van der Waals surface area contributed by atoms with E-state index in [-0.39, 0.29) is 0 Å². The number of nitrogens with one attached hydrogen (secondary N) is 1. The second-order valence-corrected chi connectivity index (χ2v) is 7.01. The smallest absolute Gasteiger partial charge is 0.122 e. The fourth-order valence-electron chi connectivity index (χ4n) is 3.55. The van der Waals surface area contributed by atoms with Crippen molar-refractivity contribution in [3.05, 3.63) is 23.7 Å². The average molecular weight is 290 g/mol. The van der Waals surface area contributed by atoms with Crippen LogP contribution >= 0.6 is 0 Å². The van der Waals surface area contributed by atoms with Gasteiger partial charge in [-0.3, -0.25) is 4.90 Å². The largest absolute Gasteiger partial charge is 0.468 e. The molecule has 2 aliphatic rings. The van der Waals surface area contributed by atoms with E-state index in [4.69, 9.17) is 4.42 Å². The maximum atomic E-state index is 5.74. The third-order valence-electron chi connectivity index (χ3n) is 5.78. The number of hydrogen-bond donors (Lipinski definition) is 1. The van der Waals surface area contributed by atoms with Crippen LogP contribution in [0.4, 0.5) is 0 Å². The van der Waals surface area contributed by atoms with E-state index in [1.807, 2.05) is 6.26 Å². The van der Waals surface area contributed by atoms with Gasteiger partial charge in [-0.1, -0.05) is 26.7 Å². The molecule has 1 aliphatic carbocycles. The second-order valence-electron chi connectivity index (χ2n) is 7.01. The molecule has 0 spiro atoms. The van der Waals surface area contributed by atoms with Crippen LogP contribution in [0.1, 0.15) is 63.7 Å². The number of piperidine rings is 1. The Balaban J connectivity index is 1.52. The molecule has 21 heavy (non-hydrogen) atoms. The lowest BCUT2D eigenvalue weighted by atomic mass is 9.74. The molecular formula is C18H30N2O. The summed E-state index contributed by atoms with van der Waals surface area (Å²) in [4.78, 5) is 2.57. The summed E-state index contributed by atoms with van der Waals surface area (Å²) in [5, 5.41) is 3.59. The van der Waals surface area contributed by atoms with Gasteiger partial charge in [0, 0.05) is 18.2 Å². The predicted octanol–water partition coefficient (Wildman–Crippen LogP) is 3.93. The van der Waals surface area contributed by atoms with Gasteiger partial charge in [-0.25, -0.2) is 0 Å². The monoisotopic (exact) mass is 290 g/mol. The van der Waals surface area contributed by atoms with Gasteiger partial charge in [-0.15, -0.1) is 0 Å². The SMILES string of the molecule is CCC1(CC)CCN(Cc2occc2CNC2CC2)CC1. The Morgan fingerprint density at radius 1 is 1.24 bits per heavy atom. The molecule has 1 saturated carbocycles. The lowest BCUT2D eigenvalue weighted by molar-refractivity contribution is 0.0860. The van der Waals surface area contributed by atoms with Gasteiger partial charge in [-0.05, 0) is 50.3 Å². The molecule has 1 N–H and O–H groups in total. The van der Waals surface area contributed by atoms with Crippen LogP contribution in [0.25, 0.3) is 0 Å². The van der Waals surface area contributed by atoms with E-state index in [1.54, 1.807) is 0 Å². The highest BCUT2D eigenvalue weighted by Gasteiger charge is 2.31. The molecule has 1 aliphatic heterocycles. The van der Waals surface area contributed by atoms with Crippen molar-refractivity contribution in [1.82, 2.24) is 10.2 Å². The summed E-state index contributed by atoms with van der Waals surface area (Å²) in [5.74, 6) is 1.17. The Morgan fingerprint density at radius 2 is 1.95 bits per heavy atom. The van der Waals surface area contributed by atoms with Crippen molar-refractivity contribution >= 4 is 0 Å². The quantitative estimate of drug-likeness (QED) is 0.824. The molecule has 0 bridgehead atoms. The Hall–Kier alpha value is -0.800. The molecule has 2 fully saturated rings.